The van der Waals surface area contributed by atoms with Gasteiger partial charge in [0, 0.05) is 17.8 Å². The average Bonchev–Trinajstić information content (AvgIpc) is 2.56. The summed E-state index contributed by atoms with van der Waals surface area (Å²) >= 11 is 0. The molecule has 0 saturated heterocycles. The number of hydrogen-bond acceptors (Lipinski definition) is 5. The lowest BCUT2D eigenvalue weighted by Crippen LogP contribution is -2.22. The molecule has 2 aromatic rings. The molecule has 7 nitrogen and oxygen atoms in total. The molecule has 7 heteroatoms. The molecule has 0 radical (unpaired) electrons. The highest BCUT2D eigenvalue weighted by atomic mass is 16.6. The van der Waals surface area contributed by atoms with Gasteiger partial charge in [0.25, 0.3) is 5.69 Å². The van der Waals surface area contributed by atoms with Crippen molar-refractivity contribution < 1.29 is 14.5 Å². The number of nitro groups is 1. The van der Waals surface area contributed by atoms with E-state index in [9.17, 15) is 14.9 Å². The molecule has 0 saturated carbocycles. The maximum absolute atomic E-state index is 12.1. The highest BCUT2D eigenvalue weighted by Gasteiger charge is 2.12. The van der Waals surface area contributed by atoms with Gasteiger partial charge in [-0.3, -0.25) is 14.9 Å². The van der Waals surface area contributed by atoms with E-state index in [-0.39, 0.29) is 18.1 Å². The van der Waals surface area contributed by atoms with Crippen molar-refractivity contribution in [3.8, 4) is 5.75 Å². The maximum atomic E-state index is 12.1. The van der Waals surface area contributed by atoms with Crippen molar-refractivity contribution in [1.82, 2.24) is 0 Å². The van der Waals surface area contributed by atoms with Gasteiger partial charge in [-0.1, -0.05) is 12.1 Å². The molecule has 0 aliphatic rings. The maximum Gasteiger partial charge on any atom is 0.271 e. The third kappa shape index (κ3) is 4.01. The van der Waals surface area contributed by atoms with Gasteiger partial charge in [0.2, 0.25) is 5.91 Å². The molecule has 24 heavy (non-hydrogen) atoms. The smallest absolute Gasteiger partial charge is 0.271 e. The van der Waals surface area contributed by atoms with Crippen molar-refractivity contribution in [2.24, 2.45) is 0 Å². The monoisotopic (exact) mass is 329 g/mol. The van der Waals surface area contributed by atoms with Gasteiger partial charge in [0.05, 0.1) is 24.3 Å². The molecule has 2 N–H and O–H groups in total. The van der Waals surface area contributed by atoms with Crippen LogP contribution in [0.3, 0.4) is 0 Å². The first kappa shape index (κ1) is 17.3. The number of nitrogens with one attached hydrogen (secondary N) is 2. The standard InChI is InChI=1S/C17H19N3O4/c1-11-5-4-6-14(12(11)2)19-17(21)10-18-15-9-13(20(22)23)7-8-16(15)24-3/h4-9,18H,10H2,1-3H3,(H,19,21). The highest BCUT2D eigenvalue weighted by molar-refractivity contribution is 5.94. The van der Waals surface area contributed by atoms with Gasteiger partial charge in [-0.05, 0) is 37.1 Å². The predicted octanol–water partition coefficient (Wildman–Crippen LogP) is 3.27. The molecular formula is C17H19N3O4. The lowest BCUT2D eigenvalue weighted by atomic mass is 10.1. The molecule has 0 spiro atoms. The van der Waals surface area contributed by atoms with E-state index in [1.807, 2.05) is 32.0 Å². The fourth-order valence-corrected chi connectivity index (χ4v) is 2.20. The van der Waals surface area contributed by atoms with E-state index in [0.717, 1.165) is 16.8 Å². The van der Waals surface area contributed by atoms with Crippen molar-refractivity contribution in [2.45, 2.75) is 13.8 Å². The van der Waals surface area contributed by atoms with Gasteiger partial charge in [-0.15, -0.1) is 0 Å². The van der Waals surface area contributed by atoms with Crippen LogP contribution in [0.2, 0.25) is 0 Å². The second-order valence-corrected chi connectivity index (χ2v) is 5.29. The Kier molecular flexibility index (Phi) is 5.36. The number of methoxy groups -OCH3 is 1. The minimum atomic E-state index is -0.499. The van der Waals surface area contributed by atoms with Crippen LogP contribution in [0.25, 0.3) is 0 Å². The molecular weight excluding hydrogens is 310 g/mol. The molecule has 0 fully saturated rings. The summed E-state index contributed by atoms with van der Waals surface area (Å²) in [6.45, 7) is 3.87. The van der Waals surface area contributed by atoms with Crippen LogP contribution in [0.15, 0.2) is 36.4 Å². The molecule has 0 aromatic heterocycles. The molecule has 0 unspecified atom stereocenters. The van der Waals surface area contributed by atoms with Gasteiger partial charge in [-0.2, -0.15) is 0 Å². The van der Waals surface area contributed by atoms with E-state index in [1.165, 1.54) is 25.3 Å². The highest BCUT2D eigenvalue weighted by Crippen LogP contribution is 2.28. The molecule has 0 heterocycles. The van der Waals surface area contributed by atoms with E-state index < -0.39 is 4.92 Å². The number of ether oxygens (including phenoxy) is 1. The Labute approximate surface area is 139 Å². The summed E-state index contributed by atoms with van der Waals surface area (Å²) in [5.74, 6) is 0.178. The second kappa shape index (κ2) is 7.45. The van der Waals surface area contributed by atoms with Gasteiger partial charge in [-0.25, -0.2) is 0 Å². The van der Waals surface area contributed by atoms with E-state index >= 15 is 0 Å². The zero-order chi connectivity index (χ0) is 17.7. The number of amides is 1. The van der Waals surface area contributed by atoms with E-state index in [0.29, 0.717) is 11.4 Å². The summed E-state index contributed by atoms with van der Waals surface area (Å²) in [6, 6.07) is 9.84. The fraction of sp³-hybridized carbons (Fsp3) is 0.235. The molecule has 0 bridgehead atoms. The van der Waals surface area contributed by atoms with Crippen LogP contribution in [-0.2, 0) is 4.79 Å². The second-order valence-electron chi connectivity index (χ2n) is 5.29. The van der Waals surface area contributed by atoms with Crippen LogP contribution in [0.4, 0.5) is 17.1 Å². The normalized spacial score (nSPS) is 10.1. The van der Waals surface area contributed by atoms with Crippen LogP contribution >= 0.6 is 0 Å². The third-order valence-corrected chi connectivity index (χ3v) is 3.71. The summed E-state index contributed by atoms with van der Waals surface area (Å²) in [5, 5.41) is 16.6. The minimum Gasteiger partial charge on any atom is -0.495 e. The number of hydrogen-bond donors (Lipinski definition) is 2. The van der Waals surface area contributed by atoms with E-state index in [4.69, 9.17) is 4.74 Å². The number of nitro benzene ring substituents is 1. The van der Waals surface area contributed by atoms with E-state index in [1.54, 1.807) is 0 Å². The van der Waals surface area contributed by atoms with Gasteiger partial charge >= 0.3 is 0 Å². The molecule has 2 rings (SSSR count). The first-order chi connectivity index (χ1) is 11.4. The molecule has 2 aromatic carbocycles. The number of benzene rings is 2. The Morgan fingerprint density at radius 1 is 1.21 bits per heavy atom. The Morgan fingerprint density at radius 2 is 1.96 bits per heavy atom. The topological polar surface area (TPSA) is 93.5 Å². The molecule has 0 aliphatic heterocycles. The van der Waals surface area contributed by atoms with Crippen molar-refractivity contribution in [2.75, 3.05) is 24.3 Å². The Balaban J connectivity index is 2.07. The lowest BCUT2D eigenvalue weighted by molar-refractivity contribution is -0.384. The van der Waals surface area contributed by atoms with Crippen LogP contribution in [0.5, 0.6) is 5.75 Å². The van der Waals surface area contributed by atoms with Crippen LogP contribution in [0, 0.1) is 24.0 Å². The van der Waals surface area contributed by atoms with Gasteiger partial charge in [0.15, 0.2) is 0 Å². The number of nitrogens with zero attached hydrogens (tertiary/aromatic N) is 1. The van der Waals surface area contributed by atoms with E-state index in [2.05, 4.69) is 10.6 Å². The molecule has 1 amide bonds. The van der Waals surface area contributed by atoms with Crippen molar-refractivity contribution in [1.29, 1.82) is 0 Å². The first-order valence-electron chi connectivity index (χ1n) is 7.34. The zero-order valence-electron chi connectivity index (χ0n) is 13.8. The summed E-state index contributed by atoms with van der Waals surface area (Å²) in [6.07, 6.45) is 0. The number of carbonyl (C=O) groups is 1. The largest absolute Gasteiger partial charge is 0.495 e. The number of aryl methyl sites for hydroxylation is 1. The molecule has 126 valence electrons. The van der Waals surface area contributed by atoms with Crippen LogP contribution in [0.1, 0.15) is 11.1 Å². The number of carbonyl (C=O) groups excluding carboxylic acids is 1. The van der Waals surface area contributed by atoms with Gasteiger partial charge in [0.1, 0.15) is 5.75 Å². The quantitative estimate of drug-likeness (QED) is 0.626. The average molecular weight is 329 g/mol. The first-order valence-corrected chi connectivity index (χ1v) is 7.34. The Morgan fingerprint density at radius 3 is 2.62 bits per heavy atom. The number of non-ortho nitro benzene ring substituents is 1. The molecule has 0 atom stereocenters. The summed E-state index contributed by atoms with van der Waals surface area (Å²) in [7, 11) is 1.46. The Bertz CT molecular complexity index is 774. The Hall–Kier alpha value is -3.09. The van der Waals surface area contributed by atoms with Crippen LogP contribution in [-0.4, -0.2) is 24.5 Å². The summed E-state index contributed by atoms with van der Waals surface area (Å²) < 4.78 is 5.15. The number of anilines is 2. The van der Waals surface area contributed by atoms with Crippen LogP contribution < -0.4 is 15.4 Å². The summed E-state index contributed by atoms with van der Waals surface area (Å²) in [4.78, 5) is 22.5. The SMILES string of the molecule is COc1ccc([N+](=O)[O-])cc1NCC(=O)Nc1cccc(C)c1C. The molecule has 0 aliphatic carbocycles. The lowest BCUT2D eigenvalue weighted by Gasteiger charge is -2.13. The minimum absolute atomic E-state index is 0.0368. The van der Waals surface area contributed by atoms with Gasteiger partial charge < -0.3 is 15.4 Å². The number of rotatable bonds is 6. The fourth-order valence-electron chi connectivity index (χ4n) is 2.20. The van der Waals surface area contributed by atoms with Crippen molar-refractivity contribution in [3.63, 3.8) is 0 Å². The van der Waals surface area contributed by atoms with Crippen molar-refractivity contribution in [3.05, 3.63) is 57.6 Å². The third-order valence-electron chi connectivity index (χ3n) is 3.71. The predicted molar refractivity (Wildman–Crippen MR) is 92.7 cm³/mol. The zero-order valence-corrected chi connectivity index (χ0v) is 13.8. The van der Waals surface area contributed by atoms with Crippen molar-refractivity contribution >= 4 is 23.0 Å². The summed E-state index contributed by atoms with van der Waals surface area (Å²) in [5.41, 5.74) is 3.14.